The predicted octanol–water partition coefficient (Wildman–Crippen LogP) is 2.11. The molecule has 0 saturated heterocycles. The first-order chi connectivity index (χ1) is 8.20. The summed E-state index contributed by atoms with van der Waals surface area (Å²) in [5.74, 6) is -0.0436. The third-order valence-electron chi connectivity index (χ3n) is 2.58. The lowest BCUT2D eigenvalue weighted by Crippen LogP contribution is -2.39. The van der Waals surface area contributed by atoms with Crippen LogP contribution in [-0.2, 0) is 4.79 Å². The van der Waals surface area contributed by atoms with Crippen LogP contribution in [0.1, 0.15) is 24.9 Å². The van der Waals surface area contributed by atoms with Crippen molar-refractivity contribution < 1.29 is 4.79 Å². The van der Waals surface area contributed by atoms with Gasteiger partial charge in [-0.3, -0.25) is 4.79 Å². The Bertz CT molecular complexity index is 362. The van der Waals surface area contributed by atoms with Gasteiger partial charge in [-0.15, -0.1) is 6.58 Å². The molecule has 0 saturated carbocycles. The van der Waals surface area contributed by atoms with Gasteiger partial charge in [0.15, 0.2) is 0 Å². The van der Waals surface area contributed by atoms with E-state index in [9.17, 15) is 4.79 Å². The standard InChI is InChI=1S/C14H20N2O/c1-3-10-16(11-4-2)14(17)13(15)12-8-6-5-7-9-12/h3,5-9,13H,1,4,10-11,15H2,2H3/t13-/m0/s1. The molecule has 3 nitrogen and oxygen atoms in total. The first-order valence-electron chi connectivity index (χ1n) is 5.91. The van der Waals surface area contributed by atoms with Gasteiger partial charge in [0, 0.05) is 13.1 Å². The van der Waals surface area contributed by atoms with Crippen molar-refractivity contribution in [1.29, 1.82) is 0 Å². The summed E-state index contributed by atoms with van der Waals surface area (Å²) in [7, 11) is 0. The van der Waals surface area contributed by atoms with Crippen molar-refractivity contribution in [1.82, 2.24) is 4.90 Å². The third-order valence-corrected chi connectivity index (χ3v) is 2.58. The van der Waals surface area contributed by atoms with E-state index < -0.39 is 6.04 Å². The maximum absolute atomic E-state index is 12.2. The number of carbonyl (C=O) groups excluding carboxylic acids is 1. The lowest BCUT2D eigenvalue weighted by atomic mass is 10.1. The minimum Gasteiger partial charge on any atom is -0.337 e. The van der Waals surface area contributed by atoms with Gasteiger partial charge >= 0.3 is 0 Å². The molecular formula is C14H20N2O. The van der Waals surface area contributed by atoms with Gasteiger partial charge in [0.1, 0.15) is 6.04 Å². The van der Waals surface area contributed by atoms with E-state index in [1.54, 1.807) is 11.0 Å². The zero-order chi connectivity index (χ0) is 12.7. The van der Waals surface area contributed by atoms with E-state index in [1.165, 1.54) is 0 Å². The number of hydrogen-bond acceptors (Lipinski definition) is 2. The Morgan fingerprint density at radius 2 is 2.12 bits per heavy atom. The van der Waals surface area contributed by atoms with Gasteiger partial charge in [-0.05, 0) is 12.0 Å². The van der Waals surface area contributed by atoms with Crippen molar-refractivity contribution in [2.75, 3.05) is 13.1 Å². The Morgan fingerprint density at radius 1 is 1.47 bits per heavy atom. The highest BCUT2D eigenvalue weighted by molar-refractivity contribution is 5.83. The van der Waals surface area contributed by atoms with Crippen molar-refractivity contribution in [2.45, 2.75) is 19.4 Å². The molecule has 1 atom stereocenters. The zero-order valence-electron chi connectivity index (χ0n) is 10.3. The predicted molar refractivity (Wildman–Crippen MR) is 70.4 cm³/mol. The summed E-state index contributed by atoms with van der Waals surface area (Å²) in [6.45, 7) is 6.96. The second-order valence-corrected chi connectivity index (χ2v) is 3.96. The minimum absolute atomic E-state index is 0.0436. The maximum atomic E-state index is 12.2. The second-order valence-electron chi connectivity index (χ2n) is 3.96. The van der Waals surface area contributed by atoms with Crippen LogP contribution in [0.4, 0.5) is 0 Å². The molecule has 3 heteroatoms. The largest absolute Gasteiger partial charge is 0.337 e. The second kappa shape index (κ2) is 6.86. The molecule has 0 spiro atoms. The van der Waals surface area contributed by atoms with Crippen LogP contribution in [0.15, 0.2) is 43.0 Å². The van der Waals surface area contributed by atoms with E-state index in [1.807, 2.05) is 37.3 Å². The van der Waals surface area contributed by atoms with Gasteiger partial charge in [0.2, 0.25) is 5.91 Å². The lowest BCUT2D eigenvalue weighted by Gasteiger charge is -2.24. The molecule has 0 unspecified atom stereocenters. The van der Waals surface area contributed by atoms with Gasteiger partial charge < -0.3 is 10.6 Å². The summed E-state index contributed by atoms with van der Waals surface area (Å²) in [6, 6.07) is 8.86. The van der Waals surface area contributed by atoms with Gasteiger partial charge in [-0.1, -0.05) is 43.3 Å². The fourth-order valence-electron chi connectivity index (χ4n) is 1.72. The Balaban J connectivity index is 2.76. The summed E-state index contributed by atoms with van der Waals surface area (Å²) in [5.41, 5.74) is 6.82. The smallest absolute Gasteiger partial charge is 0.244 e. The molecule has 0 fully saturated rings. The molecule has 92 valence electrons. The molecule has 1 amide bonds. The average Bonchev–Trinajstić information content (AvgIpc) is 2.38. The number of carbonyl (C=O) groups is 1. The Labute approximate surface area is 103 Å². The Kier molecular flexibility index (Phi) is 5.43. The first-order valence-corrected chi connectivity index (χ1v) is 5.91. The lowest BCUT2D eigenvalue weighted by molar-refractivity contribution is -0.132. The molecule has 1 aromatic rings. The minimum atomic E-state index is -0.581. The highest BCUT2D eigenvalue weighted by Crippen LogP contribution is 2.13. The molecule has 0 bridgehead atoms. The van der Waals surface area contributed by atoms with E-state index >= 15 is 0 Å². The van der Waals surface area contributed by atoms with E-state index in [0.717, 1.165) is 12.0 Å². The van der Waals surface area contributed by atoms with Crippen molar-refractivity contribution in [3.8, 4) is 0 Å². The number of nitrogens with zero attached hydrogens (tertiary/aromatic N) is 1. The van der Waals surface area contributed by atoms with Gasteiger partial charge in [0.05, 0.1) is 0 Å². The van der Waals surface area contributed by atoms with Crippen LogP contribution < -0.4 is 5.73 Å². The number of amides is 1. The van der Waals surface area contributed by atoms with Crippen LogP contribution in [0.2, 0.25) is 0 Å². The zero-order valence-corrected chi connectivity index (χ0v) is 10.3. The first kappa shape index (κ1) is 13.5. The summed E-state index contributed by atoms with van der Waals surface area (Å²) in [6.07, 6.45) is 2.65. The number of benzene rings is 1. The molecule has 0 aliphatic carbocycles. The Morgan fingerprint density at radius 3 is 2.65 bits per heavy atom. The van der Waals surface area contributed by atoms with Crippen molar-refractivity contribution >= 4 is 5.91 Å². The normalized spacial score (nSPS) is 11.9. The molecule has 0 aliphatic heterocycles. The van der Waals surface area contributed by atoms with Gasteiger partial charge in [-0.2, -0.15) is 0 Å². The highest BCUT2D eigenvalue weighted by Gasteiger charge is 2.20. The summed E-state index contributed by atoms with van der Waals surface area (Å²) in [5, 5.41) is 0. The Hall–Kier alpha value is -1.61. The number of rotatable bonds is 6. The fraction of sp³-hybridized carbons (Fsp3) is 0.357. The molecule has 2 N–H and O–H groups in total. The van der Waals surface area contributed by atoms with Crippen LogP contribution in [0.25, 0.3) is 0 Å². The maximum Gasteiger partial charge on any atom is 0.244 e. The summed E-state index contributed by atoms with van der Waals surface area (Å²) < 4.78 is 0. The van der Waals surface area contributed by atoms with E-state index in [-0.39, 0.29) is 5.91 Å². The van der Waals surface area contributed by atoms with E-state index in [2.05, 4.69) is 6.58 Å². The SMILES string of the molecule is C=CCN(CCC)C(=O)[C@@H](N)c1ccccc1. The van der Waals surface area contributed by atoms with Crippen LogP contribution in [-0.4, -0.2) is 23.9 Å². The molecule has 0 aromatic heterocycles. The average molecular weight is 232 g/mol. The van der Waals surface area contributed by atoms with Crippen LogP contribution >= 0.6 is 0 Å². The number of hydrogen-bond donors (Lipinski definition) is 1. The van der Waals surface area contributed by atoms with Crippen molar-refractivity contribution in [3.63, 3.8) is 0 Å². The molecule has 1 aromatic carbocycles. The summed E-state index contributed by atoms with van der Waals surface area (Å²) >= 11 is 0. The quantitative estimate of drug-likeness (QED) is 0.764. The number of nitrogens with two attached hydrogens (primary N) is 1. The third kappa shape index (κ3) is 3.71. The highest BCUT2D eigenvalue weighted by atomic mass is 16.2. The van der Waals surface area contributed by atoms with E-state index in [0.29, 0.717) is 13.1 Å². The molecular weight excluding hydrogens is 212 g/mol. The molecule has 17 heavy (non-hydrogen) atoms. The van der Waals surface area contributed by atoms with Gasteiger partial charge in [0.25, 0.3) is 0 Å². The fourth-order valence-corrected chi connectivity index (χ4v) is 1.72. The topological polar surface area (TPSA) is 46.3 Å². The molecule has 0 heterocycles. The van der Waals surface area contributed by atoms with Crippen molar-refractivity contribution in [2.24, 2.45) is 5.73 Å². The molecule has 0 aliphatic rings. The molecule has 0 radical (unpaired) electrons. The molecule has 1 rings (SSSR count). The van der Waals surface area contributed by atoms with Gasteiger partial charge in [-0.25, -0.2) is 0 Å². The monoisotopic (exact) mass is 232 g/mol. The van der Waals surface area contributed by atoms with Crippen LogP contribution in [0.5, 0.6) is 0 Å². The van der Waals surface area contributed by atoms with E-state index in [4.69, 9.17) is 5.73 Å². The van der Waals surface area contributed by atoms with Crippen LogP contribution in [0.3, 0.4) is 0 Å². The van der Waals surface area contributed by atoms with Crippen molar-refractivity contribution in [3.05, 3.63) is 48.6 Å². The summed E-state index contributed by atoms with van der Waals surface area (Å²) in [4.78, 5) is 13.9. The van der Waals surface area contributed by atoms with Crippen LogP contribution in [0, 0.1) is 0 Å².